The number of rotatable bonds is 10. The van der Waals surface area contributed by atoms with E-state index in [1.165, 1.54) is 27.8 Å². The molecule has 56 heavy (non-hydrogen) atoms. The van der Waals surface area contributed by atoms with E-state index in [1.54, 1.807) is 0 Å². The molecule has 0 aliphatic rings. The molecule has 0 saturated heterocycles. The summed E-state index contributed by atoms with van der Waals surface area (Å²) in [5.74, 6) is 0. The molecule has 0 unspecified atom stereocenters. The van der Waals surface area contributed by atoms with Crippen molar-refractivity contribution < 1.29 is 0 Å². The smallest absolute Gasteiger partial charge is 0.0977 e. The molecule has 9 aromatic rings. The number of hydrogen-bond acceptors (Lipinski definition) is 3. The quantitative estimate of drug-likeness (QED) is 0.113. The van der Waals surface area contributed by atoms with Gasteiger partial charge in [-0.2, -0.15) is 5.10 Å². The van der Waals surface area contributed by atoms with Crippen LogP contribution in [0, 0.1) is 0 Å². The molecule has 0 fully saturated rings. The van der Waals surface area contributed by atoms with Gasteiger partial charge in [-0.3, -0.25) is 5.43 Å². The first kappa shape index (κ1) is 34.3. The van der Waals surface area contributed by atoms with Crippen LogP contribution in [-0.2, 0) is 0 Å². The summed E-state index contributed by atoms with van der Waals surface area (Å²) < 4.78 is 0. The second kappa shape index (κ2) is 15.9. The highest BCUT2D eigenvalue weighted by Crippen LogP contribution is 2.39. The third-order valence-corrected chi connectivity index (χ3v) is 10.2. The van der Waals surface area contributed by atoms with Gasteiger partial charge in [0.1, 0.15) is 0 Å². The predicted molar refractivity (Wildman–Crippen MR) is 237 cm³/mol. The molecule has 0 aliphatic carbocycles. The monoisotopic (exact) mass is 717 g/mol. The number of hydrazone groups is 1. The van der Waals surface area contributed by atoms with E-state index in [1.807, 2.05) is 36.4 Å². The fourth-order valence-electron chi connectivity index (χ4n) is 7.37. The van der Waals surface area contributed by atoms with Crippen molar-refractivity contribution in [3.63, 3.8) is 0 Å². The summed E-state index contributed by atoms with van der Waals surface area (Å²) in [6, 6.07) is 81.2. The van der Waals surface area contributed by atoms with Gasteiger partial charge in [-0.25, -0.2) is 0 Å². The van der Waals surface area contributed by atoms with Gasteiger partial charge in [0.05, 0.1) is 11.4 Å². The van der Waals surface area contributed by atoms with Crippen molar-refractivity contribution in [2.75, 3.05) is 10.3 Å². The lowest BCUT2D eigenvalue weighted by Gasteiger charge is -2.26. The summed E-state index contributed by atoms with van der Waals surface area (Å²) in [5.41, 5.74) is 17.8. The van der Waals surface area contributed by atoms with Crippen LogP contribution in [0.5, 0.6) is 0 Å². The predicted octanol–water partition coefficient (Wildman–Crippen LogP) is 14.2. The highest BCUT2D eigenvalue weighted by atomic mass is 15.3. The van der Waals surface area contributed by atoms with Crippen molar-refractivity contribution in [1.29, 1.82) is 0 Å². The zero-order valence-corrected chi connectivity index (χ0v) is 30.8. The number of nitrogens with zero attached hydrogens (tertiary/aromatic N) is 2. The molecule has 0 aromatic heterocycles. The summed E-state index contributed by atoms with van der Waals surface area (Å²) in [6.07, 6.45) is 0. The molecule has 266 valence electrons. The van der Waals surface area contributed by atoms with E-state index in [4.69, 9.17) is 5.10 Å². The maximum absolute atomic E-state index is 4.98. The van der Waals surface area contributed by atoms with Gasteiger partial charge in [-0.15, -0.1) is 0 Å². The van der Waals surface area contributed by atoms with E-state index >= 15 is 0 Å². The molecule has 9 rings (SSSR count). The maximum atomic E-state index is 4.98. The third kappa shape index (κ3) is 7.22. The highest BCUT2D eigenvalue weighted by molar-refractivity contribution is 6.13. The fraction of sp³-hybridized carbons (Fsp3) is 0. The SMILES string of the molecule is c1ccc(C(=NNc2cccc3c(-c4ccc(N(c5ccc(-c6ccccc6)cc5)c5ccc(-c6ccccc6)cc5)cc4)cccc23)c2ccccc2)cc1. The molecule has 0 atom stereocenters. The first-order valence-electron chi connectivity index (χ1n) is 19.0. The Hall–Kier alpha value is -7.49. The van der Waals surface area contributed by atoms with Crippen LogP contribution in [0.15, 0.2) is 236 Å². The molecule has 0 aliphatic heterocycles. The molecule has 0 heterocycles. The van der Waals surface area contributed by atoms with Crippen molar-refractivity contribution in [1.82, 2.24) is 0 Å². The Morgan fingerprint density at radius 2 is 0.714 bits per heavy atom. The Labute approximate surface area is 328 Å². The van der Waals surface area contributed by atoms with E-state index in [2.05, 4.69) is 204 Å². The van der Waals surface area contributed by atoms with Gasteiger partial charge >= 0.3 is 0 Å². The van der Waals surface area contributed by atoms with Crippen LogP contribution < -0.4 is 10.3 Å². The molecule has 1 N–H and O–H groups in total. The summed E-state index contributed by atoms with van der Waals surface area (Å²) in [5, 5.41) is 7.25. The van der Waals surface area contributed by atoms with E-state index in [0.29, 0.717) is 0 Å². The molecular weight excluding hydrogens is 679 g/mol. The number of fused-ring (bicyclic) bond motifs is 1. The van der Waals surface area contributed by atoms with Crippen LogP contribution in [0.1, 0.15) is 11.1 Å². The molecule has 3 nitrogen and oxygen atoms in total. The molecule has 0 radical (unpaired) electrons. The Balaban J connectivity index is 1.06. The van der Waals surface area contributed by atoms with E-state index in [-0.39, 0.29) is 0 Å². The fourth-order valence-corrected chi connectivity index (χ4v) is 7.37. The lowest BCUT2D eigenvalue weighted by molar-refractivity contribution is 1.28. The van der Waals surface area contributed by atoms with Crippen LogP contribution in [-0.4, -0.2) is 5.71 Å². The van der Waals surface area contributed by atoms with Crippen molar-refractivity contribution in [2.45, 2.75) is 0 Å². The molecule has 3 heteroatoms. The highest BCUT2D eigenvalue weighted by Gasteiger charge is 2.15. The Kier molecular flexibility index (Phi) is 9.71. The lowest BCUT2D eigenvalue weighted by atomic mass is 9.97. The molecule has 9 aromatic carbocycles. The second-order valence-corrected chi connectivity index (χ2v) is 13.7. The Morgan fingerprint density at radius 1 is 0.321 bits per heavy atom. The van der Waals surface area contributed by atoms with Crippen molar-refractivity contribution in [3.05, 3.63) is 242 Å². The number of hydrogen-bond donors (Lipinski definition) is 1. The van der Waals surface area contributed by atoms with Gasteiger partial charge < -0.3 is 4.90 Å². The second-order valence-electron chi connectivity index (χ2n) is 13.7. The van der Waals surface area contributed by atoms with Crippen LogP contribution in [0.4, 0.5) is 22.7 Å². The first-order valence-corrected chi connectivity index (χ1v) is 19.0. The topological polar surface area (TPSA) is 27.6 Å². The van der Waals surface area contributed by atoms with Crippen molar-refractivity contribution >= 4 is 39.2 Å². The van der Waals surface area contributed by atoms with E-state index in [0.717, 1.165) is 55.9 Å². The average Bonchev–Trinajstić information content (AvgIpc) is 3.28. The van der Waals surface area contributed by atoms with Gasteiger partial charge in [0.25, 0.3) is 0 Å². The third-order valence-electron chi connectivity index (χ3n) is 10.2. The first-order chi connectivity index (χ1) is 27.8. The van der Waals surface area contributed by atoms with Gasteiger partial charge in [0.15, 0.2) is 0 Å². The number of benzene rings is 9. The maximum Gasteiger partial charge on any atom is 0.0977 e. The van der Waals surface area contributed by atoms with Crippen LogP contribution >= 0.6 is 0 Å². The molecular formula is C53H39N3. The average molecular weight is 718 g/mol. The van der Waals surface area contributed by atoms with Crippen LogP contribution in [0.2, 0.25) is 0 Å². The van der Waals surface area contributed by atoms with Crippen LogP contribution in [0.3, 0.4) is 0 Å². The minimum Gasteiger partial charge on any atom is -0.311 e. The molecule has 0 spiro atoms. The van der Waals surface area contributed by atoms with Crippen molar-refractivity contribution in [2.24, 2.45) is 5.10 Å². The Morgan fingerprint density at radius 3 is 1.20 bits per heavy atom. The Bertz CT molecular complexity index is 2580. The van der Waals surface area contributed by atoms with Gasteiger partial charge in [-0.1, -0.05) is 188 Å². The summed E-state index contributed by atoms with van der Waals surface area (Å²) in [7, 11) is 0. The minimum atomic E-state index is 0.893. The largest absolute Gasteiger partial charge is 0.311 e. The van der Waals surface area contributed by atoms with Gasteiger partial charge in [0.2, 0.25) is 0 Å². The molecule has 0 saturated carbocycles. The normalized spacial score (nSPS) is 10.9. The van der Waals surface area contributed by atoms with Crippen LogP contribution in [0.25, 0.3) is 44.2 Å². The number of anilines is 4. The molecule has 0 amide bonds. The van der Waals surface area contributed by atoms with E-state index in [9.17, 15) is 0 Å². The molecule has 0 bridgehead atoms. The van der Waals surface area contributed by atoms with Gasteiger partial charge in [-0.05, 0) is 81.2 Å². The zero-order valence-electron chi connectivity index (χ0n) is 30.8. The summed E-state index contributed by atoms with van der Waals surface area (Å²) >= 11 is 0. The lowest BCUT2D eigenvalue weighted by Crippen LogP contribution is -2.09. The summed E-state index contributed by atoms with van der Waals surface area (Å²) in [4.78, 5) is 2.33. The summed E-state index contributed by atoms with van der Waals surface area (Å²) in [6.45, 7) is 0. The standard InChI is InChI=1S/C53H39N3/c1-5-15-39(16-6-1)41-27-33-46(34-28-41)56(47-35-29-42(30-36-47)40-17-7-2-8-18-40)48-37-31-43(32-38-48)49-23-13-25-51-50(49)24-14-26-52(51)54-55-53(44-19-9-3-10-20-44)45-21-11-4-12-22-45/h1-38,54H. The van der Waals surface area contributed by atoms with Gasteiger partial charge in [0, 0.05) is 33.6 Å². The van der Waals surface area contributed by atoms with Crippen molar-refractivity contribution in [3.8, 4) is 33.4 Å². The zero-order chi connectivity index (χ0) is 37.5. The number of nitrogens with one attached hydrogen (secondary N) is 1. The minimum absolute atomic E-state index is 0.893. The van der Waals surface area contributed by atoms with E-state index < -0.39 is 0 Å².